The minimum absolute atomic E-state index is 0.0293. The van der Waals surface area contributed by atoms with Gasteiger partial charge in [-0.2, -0.15) is 0 Å². The van der Waals surface area contributed by atoms with E-state index in [4.69, 9.17) is 14.2 Å². The van der Waals surface area contributed by atoms with E-state index in [1.54, 1.807) is 0 Å². The van der Waals surface area contributed by atoms with Crippen LogP contribution in [0.1, 0.15) is 187 Å². The standard InChI is InChI=1S/C60H97NO7/c1-6-8-10-12-14-16-18-20-22-24-26-28-29-31-33-35-37-39-41-43-45-47-49-51-59(63)68-56(54-66-53-52-57(60(64)65)61(3,4)5)55-67-58(62)50-48-46-44-42-40-38-36-34-32-30-27-25-23-21-19-17-15-13-11-9-7-2/h8-11,14-17,20-23,26,28,31,33,37,39,43,45,56-57H,6-7,12-13,18-19,24-25,27,29-30,32,34-36,38,40-42,44,46-55H2,1-5H3/p+1/b10-8+,11-9+,16-14+,17-15+,22-20+,23-21+,28-26+,33-31+,39-37+,45-43+. The Bertz CT molecular complexity index is 1520. The number of rotatable bonds is 46. The second kappa shape index (κ2) is 49.2. The predicted molar refractivity (Wildman–Crippen MR) is 289 cm³/mol. The first-order valence-electron chi connectivity index (χ1n) is 26.6. The van der Waals surface area contributed by atoms with E-state index in [1.807, 2.05) is 21.1 Å². The Balaban J connectivity index is 4.36. The van der Waals surface area contributed by atoms with Gasteiger partial charge in [-0.05, 0) is 96.3 Å². The second-order valence-corrected chi connectivity index (χ2v) is 18.4. The highest BCUT2D eigenvalue weighted by Crippen LogP contribution is 2.14. The van der Waals surface area contributed by atoms with Crippen molar-refractivity contribution in [2.45, 2.75) is 199 Å². The Morgan fingerprint density at radius 2 is 0.794 bits per heavy atom. The minimum Gasteiger partial charge on any atom is -0.477 e. The molecule has 1 N–H and O–H groups in total. The zero-order chi connectivity index (χ0) is 49.9. The molecule has 2 unspecified atom stereocenters. The summed E-state index contributed by atoms with van der Waals surface area (Å²) in [5.41, 5.74) is 0. The molecule has 0 aliphatic heterocycles. The van der Waals surface area contributed by atoms with Crippen molar-refractivity contribution >= 4 is 17.9 Å². The Morgan fingerprint density at radius 1 is 0.441 bits per heavy atom. The van der Waals surface area contributed by atoms with E-state index in [0.717, 1.165) is 89.9 Å². The van der Waals surface area contributed by atoms with Crippen LogP contribution < -0.4 is 0 Å². The number of hydrogen-bond acceptors (Lipinski definition) is 6. The van der Waals surface area contributed by atoms with E-state index in [-0.39, 0.29) is 42.7 Å². The number of aliphatic carboxylic acids is 1. The van der Waals surface area contributed by atoms with Crippen LogP contribution in [0, 0.1) is 0 Å². The lowest BCUT2D eigenvalue weighted by molar-refractivity contribution is -0.887. The van der Waals surface area contributed by atoms with Gasteiger partial charge in [0.15, 0.2) is 12.1 Å². The summed E-state index contributed by atoms with van der Waals surface area (Å²) in [5, 5.41) is 9.66. The fourth-order valence-corrected chi connectivity index (χ4v) is 7.09. The molecule has 0 saturated carbocycles. The highest BCUT2D eigenvalue weighted by molar-refractivity contribution is 5.72. The minimum atomic E-state index is -0.889. The summed E-state index contributed by atoms with van der Waals surface area (Å²) in [5.74, 6) is -1.56. The quantitative estimate of drug-likeness (QED) is 0.0281. The third-order valence-electron chi connectivity index (χ3n) is 11.1. The van der Waals surface area contributed by atoms with Gasteiger partial charge in [-0.15, -0.1) is 0 Å². The molecule has 2 atom stereocenters. The fraction of sp³-hybridized carbons (Fsp3) is 0.617. The molecule has 0 aromatic heterocycles. The summed E-state index contributed by atoms with van der Waals surface area (Å²) in [4.78, 5) is 37.2. The topological polar surface area (TPSA) is 99.1 Å². The smallest absolute Gasteiger partial charge is 0.362 e. The van der Waals surface area contributed by atoms with E-state index in [1.165, 1.54) is 57.8 Å². The molecule has 0 spiro atoms. The Hall–Kier alpha value is -4.27. The van der Waals surface area contributed by atoms with Crippen molar-refractivity contribution in [1.82, 2.24) is 0 Å². The molecule has 0 aliphatic rings. The fourth-order valence-electron chi connectivity index (χ4n) is 7.09. The van der Waals surface area contributed by atoms with Gasteiger partial charge >= 0.3 is 17.9 Å². The van der Waals surface area contributed by atoms with Crippen molar-refractivity contribution in [3.05, 3.63) is 122 Å². The third-order valence-corrected chi connectivity index (χ3v) is 11.1. The number of ether oxygens (including phenoxy) is 3. The SMILES string of the molecule is CC/C=C/C/C=C/C/C=C/C/C=C/C/C=C/C/C=C/C/C=C/CCCC(=O)OC(COCCC(C(=O)O)[N+](C)(C)C)COC(=O)CCCCCCCCCCCCC/C=C/C/C=C/C/C=C/CC. The summed E-state index contributed by atoms with van der Waals surface area (Å²) in [6.45, 7) is 4.44. The first kappa shape index (κ1) is 63.7. The first-order valence-corrected chi connectivity index (χ1v) is 26.6. The van der Waals surface area contributed by atoms with E-state index >= 15 is 0 Å². The summed E-state index contributed by atoms with van der Waals surface area (Å²) in [6.07, 6.45) is 69.7. The van der Waals surface area contributed by atoms with Gasteiger partial charge in [0.2, 0.25) is 0 Å². The van der Waals surface area contributed by atoms with Gasteiger partial charge in [0.25, 0.3) is 0 Å². The first-order chi connectivity index (χ1) is 33.1. The molecule has 0 rings (SSSR count). The van der Waals surface area contributed by atoms with E-state index in [0.29, 0.717) is 19.3 Å². The molecule has 0 amide bonds. The van der Waals surface area contributed by atoms with Crippen LogP contribution in [-0.2, 0) is 28.6 Å². The normalized spacial score (nSPS) is 13.8. The number of carbonyl (C=O) groups is 3. The Morgan fingerprint density at radius 3 is 1.19 bits per heavy atom. The van der Waals surface area contributed by atoms with Crippen LogP contribution >= 0.6 is 0 Å². The second-order valence-electron chi connectivity index (χ2n) is 18.4. The summed E-state index contributed by atoms with van der Waals surface area (Å²) in [7, 11) is 5.50. The van der Waals surface area contributed by atoms with Gasteiger partial charge in [0.1, 0.15) is 6.61 Å². The van der Waals surface area contributed by atoms with Crippen LogP contribution in [0.3, 0.4) is 0 Å². The van der Waals surface area contributed by atoms with E-state index in [2.05, 4.69) is 135 Å². The Labute approximate surface area is 416 Å². The number of hydrogen-bond donors (Lipinski definition) is 1. The Kier molecular flexibility index (Phi) is 46.1. The molecule has 8 nitrogen and oxygen atoms in total. The molecule has 0 bridgehead atoms. The van der Waals surface area contributed by atoms with Crippen LogP contribution in [0.5, 0.6) is 0 Å². The van der Waals surface area contributed by atoms with Gasteiger partial charge in [0, 0.05) is 19.3 Å². The average Bonchev–Trinajstić information content (AvgIpc) is 3.30. The maximum absolute atomic E-state index is 12.8. The van der Waals surface area contributed by atoms with Gasteiger partial charge in [0.05, 0.1) is 34.4 Å². The largest absolute Gasteiger partial charge is 0.477 e. The van der Waals surface area contributed by atoms with Gasteiger partial charge in [-0.3, -0.25) is 9.59 Å². The number of likely N-dealkylation sites (N-methyl/N-ethyl adjacent to an activating group) is 1. The van der Waals surface area contributed by atoms with Crippen molar-refractivity contribution < 1.29 is 38.2 Å². The molecule has 0 aliphatic carbocycles. The van der Waals surface area contributed by atoms with Crippen LogP contribution in [0.4, 0.5) is 0 Å². The zero-order valence-electron chi connectivity index (χ0n) is 43.8. The van der Waals surface area contributed by atoms with Crippen molar-refractivity contribution in [3.63, 3.8) is 0 Å². The number of nitrogens with zero attached hydrogens (tertiary/aromatic N) is 1. The summed E-state index contributed by atoms with van der Waals surface area (Å²) in [6, 6.07) is -0.634. The van der Waals surface area contributed by atoms with Crippen LogP contribution in [0.2, 0.25) is 0 Å². The number of carbonyl (C=O) groups excluding carboxylic acids is 2. The monoisotopic (exact) mass is 945 g/mol. The van der Waals surface area contributed by atoms with Crippen molar-refractivity contribution in [1.29, 1.82) is 0 Å². The highest BCUT2D eigenvalue weighted by Gasteiger charge is 2.31. The van der Waals surface area contributed by atoms with Crippen molar-refractivity contribution in [3.8, 4) is 0 Å². The molecule has 0 radical (unpaired) electrons. The lowest BCUT2D eigenvalue weighted by Crippen LogP contribution is -2.50. The highest BCUT2D eigenvalue weighted by atomic mass is 16.6. The van der Waals surface area contributed by atoms with Gasteiger partial charge in [-0.1, -0.05) is 193 Å². The number of esters is 2. The molecular weight excluding hydrogens is 847 g/mol. The lowest BCUT2D eigenvalue weighted by Gasteiger charge is -2.31. The predicted octanol–water partition coefficient (Wildman–Crippen LogP) is 15.8. The average molecular weight is 945 g/mol. The van der Waals surface area contributed by atoms with Gasteiger partial charge in [-0.25, -0.2) is 4.79 Å². The number of unbranched alkanes of at least 4 members (excludes halogenated alkanes) is 12. The number of carboxylic acid groups (broad SMARTS) is 1. The molecule has 0 saturated heterocycles. The molecular formula is C60H98NO7+. The third kappa shape index (κ3) is 46.8. The van der Waals surface area contributed by atoms with Crippen molar-refractivity contribution in [2.75, 3.05) is 41.0 Å². The number of carboxylic acids is 1. The molecule has 0 fully saturated rings. The maximum atomic E-state index is 12.8. The van der Waals surface area contributed by atoms with E-state index in [9.17, 15) is 19.5 Å². The van der Waals surface area contributed by atoms with Crippen LogP contribution in [0.15, 0.2) is 122 Å². The van der Waals surface area contributed by atoms with Crippen molar-refractivity contribution in [2.24, 2.45) is 0 Å². The summed E-state index contributed by atoms with van der Waals surface area (Å²) >= 11 is 0. The summed E-state index contributed by atoms with van der Waals surface area (Å²) < 4.78 is 17.3. The molecule has 68 heavy (non-hydrogen) atoms. The zero-order valence-corrected chi connectivity index (χ0v) is 43.8. The molecule has 0 aromatic rings. The molecule has 384 valence electrons. The van der Waals surface area contributed by atoms with Crippen LogP contribution in [0.25, 0.3) is 0 Å². The molecule has 0 heterocycles. The van der Waals surface area contributed by atoms with Gasteiger partial charge < -0.3 is 23.8 Å². The molecule has 0 aromatic carbocycles. The van der Waals surface area contributed by atoms with Crippen LogP contribution in [-0.4, -0.2) is 80.6 Å². The van der Waals surface area contributed by atoms with E-state index < -0.39 is 18.1 Å². The lowest BCUT2D eigenvalue weighted by atomic mass is 10.0. The molecule has 8 heteroatoms. The number of quaternary nitrogens is 1. The number of allylic oxidation sites excluding steroid dienone is 20. The maximum Gasteiger partial charge on any atom is 0.362 e.